The lowest BCUT2D eigenvalue weighted by Crippen LogP contribution is -1.87. The topological polar surface area (TPSA) is 38.9 Å². The fraction of sp³-hybridized carbons (Fsp3) is 0.111. The summed E-state index contributed by atoms with van der Waals surface area (Å²) in [6, 6.07) is 4.94. The third-order valence-corrected chi connectivity index (χ3v) is 1.98. The molecule has 0 radical (unpaired) electrons. The summed E-state index contributed by atoms with van der Waals surface area (Å²) < 4.78 is 18.3. The molecule has 14 heavy (non-hydrogen) atoms. The first-order valence-corrected chi connectivity index (χ1v) is 4.31. The second-order valence-corrected chi connectivity index (χ2v) is 3.14. The second-order valence-electron chi connectivity index (χ2n) is 2.81. The molecule has 1 aromatic carbocycles. The lowest BCUT2D eigenvalue weighted by molar-refractivity contribution is 0.427. The molecule has 0 amide bonds. The van der Waals surface area contributed by atoms with Crippen LogP contribution in [0.15, 0.2) is 22.7 Å². The van der Waals surface area contributed by atoms with Crippen LogP contribution in [0.4, 0.5) is 4.39 Å². The van der Waals surface area contributed by atoms with E-state index in [4.69, 9.17) is 16.1 Å². The number of benzene rings is 1. The Labute approximate surface area is 84.5 Å². The molecule has 0 bridgehead atoms. The number of hydrogen-bond donors (Lipinski definition) is 0. The zero-order chi connectivity index (χ0) is 10.1. The number of halogens is 2. The van der Waals surface area contributed by atoms with E-state index in [1.54, 1.807) is 25.1 Å². The van der Waals surface area contributed by atoms with Gasteiger partial charge in [-0.1, -0.05) is 12.1 Å². The van der Waals surface area contributed by atoms with Crippen molar-refractivity contribution in [1.29, 1.82) is 0 Å². The molecule has 0 saturated carbocycles. The fourth-order valence-corrected chi connectivity index (χ4v) is 1.24. The van der Waals surface area contributed by atoms with Crippen molar-refractivity contribution in [2.24, 2.45) is 0 Å². The van der Waals surface area contributed by atoms with Gasteiger partial charge in [-0.2, -0.15) is 4.98 Å². The Balaban J connectivity index is 2.57. The van der Waals surface area contributed by atoms with E-state index in [-0.39, 0.29) is 22.6 Å². The SMILES string of the molecule is Cc1cccc(-c2nc(Cl)no2)c1F. The Morgan fingerprint density at radius 3 is 2.86 bits per heavy atom. The fourth-order valence-electron chi connectivity index (χ4n) is 1.13. The van der Waals surface area contributed by atoms with Gasteiger partial charge in [0.1, 0.15) is 5.82 Å². The van der Waals surface area contributed by atoms with Crippen LogP contribution in [-0.2, 0) is 0 Å². The van der Waals surface area contributed by atoms with Gasteiger partial charge in [-0.05, 0) is 35.3 Å². The van der Waals surface area contributed by atoms with Gasteiger partial charge in [0.25, 0.3) is 11.2 Å². The monoisotopic (exact) mass is 212 g/mol. The molecule has 0 saturated heterocycles. The van der Waals surface area contributed by atoms with E-state index in [1.807, 2.05) is 0 Å². The maximum atomic E-state index is 13.5. The number of aryl methyl sites for hydroxylation is 1. The highest BCUT2D eigenvalue weighted by Gasteiger charge is 2.13. The number of hydrogen-bond acceptors (Lipinski definition) is 3. The van der Waals surface area contributed by atoms with Crippen LogP contribution in [0.5, 0.6) is 0 Å². The van der Waals surface area contributed by atoms with Crippen LogP contribution in [-0.4, -0.2) is 10.1 Å². The summed E-state index contributed by atoms with van der Waals surface area (Å²) in [5, 5.41) is 3.35. The Bertz CT molecular complexity index is 470. The first-order valence-electron chi connectivity index (χ1n) is 3.93. The number of aromatic nitrogens is 2. The lowest BCUT2D eigenvalue weighted by atomic mass is 10.1. The Morgan fingerprint density at radius 1 is 1.43 bits per heavy atom. The molecule has 2 rings (SSSR count). The zero-order valence-corrected chi connectivity index (χ0v) is 8.05. The zero-order valence-electron chi connectivity index (χ0n) is 7.29. The van der Waals surface area contributed by atoms with Crippen molar-refractivity contribution in [1.82, 2.24) is 10.1 Å². The predicted octanol–water partition coefficient (Wildman–Crippen LogP) is 2.84. The molecule has 0 N–H and O–H groups in total. The van der Waals surface area contributed by atoms with E-state index in [2.05, 4.69) is 10.1 Å². The lowest BCUT2D eigenvalue weighted by Gasteiger charge is -1.99. The smallest absolute Gasteiger partial charge is 0.264 e. The van der Waals surface area contributed by atoms with Crippen molar-refractivity contribution in [3.05, 3.63) is 34.9 Å². The Hall–Kier alpha value is -1.42. The quantitative estimate of drug-likeness (QED) is 0.730. The summed E-state index contributed by atoms with van der Waals surface area (Å²) in [6.07, 6.45) is 0. The molecule has 0 fully saturated rings. The third kappa shape index (κ3) is 1.48. The van der Waals surface area contributed by atoms with E-state index < -0.39 is 0 Å². The Kier molecular flexibility index (Phi) is 2.21. The van der Waals surface area contributed by atoms with Gasteiger partial charge in [-0.15, -0.1) is 0 Å². The van der Waals surface area contributed by atoms with Crippen LogP contribution in [0.1, 0.15) is 5.56 Å². The van der Waals surface area contributed by atoms with Crippen LogP contribution >= 0.6 is 11.6 Å². The molecule has 72 valence electrons. The largest absolute Gasteiger partial charge is 0.333 e. The van der Waals surface area contributed by atoms with Gasteiger partial charge < -0.3 is 4.52 Å². The van der Waals surface area contributed by atoms with Gasteiger partial charge in [0.05, 0.1) is 5.56 Å². The number of rotatable bonds is 1. The van der Waals surface area contributed by atoms with Crippen LogP contribution in [0.3, 0.4) is 0 Å². The minimum atomic E-state index is -0.368. The van der Waals surface area contributed by atoms with Crippen molar-refractivity contribution >= 4 is 11.6 Å². The highest BCUT2D eigenvalue weighted by Crippen LogP contribution is 2.23. The molecule has 0 atom stereocenters. The van der Waals surface area contributed by atoms with Crippen molar-refractivity contribution < 1.29 is 8.91 Å². The van der Waals surface area contributed by atoms with Gasteiger partial charge >= 0.3 is 0 Å². The average molecular weight is 213 g/mol. The third-order valence-electron chi connectivity index (χ3n) is 1.82. The maximum Gasteiger partial charge on any atom is 0.264 e. The van der Waals surface area contributed by atoms with Gasteiger partial charge in [0, 0.05) is 0 Å². The van der Waals surface area contributed by atoms with Crippen molar-refractivity contribution in [2.75, 3.05) is 0 Å². The van der Waals surface area contributed by atoms with Crippen LogP contribution < -0.4 is 0 Å². The van der Waals surface area contributed by atoms with E-state index in [0.717, 1.165) is 0 Å². The van der Waals surface area contributed by atoms with E-state index >= 15 is 0 Å². The maximum absolute atomic E-state index is 13.5. The van der Waals surface area contributed by atoms with Gasteiger partial charge in [0.2, 0.25) is 0 Å². The van der Waals surface area contributed by atoms with Gasteiger partial charge in [-0.3, -0.25) is 0 Å². The van der Waals surface area contributed by atoms with Crippen LogP contribution in [0.2, 0.25) is 5.28 Å². The van der Waals surface area contributed by atoms with Gasteiger partial charge in [-0.25, -0.2) is 4.39 Å². The van der Waals surface area contributed by atoms with E-state index in [9.17, 15) is 4.39 Å². The van der Waals surface area contributed by atoms with Crippen LogP contribution in [0, 0.1) is 12.7 Å². The van der Waals surface area contributed by atoms with Gasteiger partial charge in [0.15, 0.2) is 0 Å². The Morgan fingerprint density at radius 2 is 2.21 bits per heavy atom. The van der Waals surface area contributed by atoms with E-state index in [1.165, 1.54) is 0 Å². The highest BCUT2D eigenvalue weighted by molar-refractivity contribution is 6.28. The summed E-state index contributed by atoms with van der Waals surface area (Å²) in [5.41, 5.74) is 0.793. The molecule has 0 unspecified atom stereocenters. The number of nitrogens with zero attached hydrogens (tertiary/aromatic N) is 2. The minimum Gasteiger partial charge on any atom is -0.333 e. The standard InChI is InChI=1S/C9H6ClFN2O/c1-5-3-2-4-6(7(5)11)8-12-9(10)13-14-8/h2-4H,1H3. The molecule has 1 aromatic heterocycles. The molecule has 0 spiro atoms. The molecule has 2 aromatic rings. The molecular formula is C9H6ClFN2O. The van der Waals surface area contributed by atoms with Crippen molar-refractivity contribution in [2.45, 2.75) is 6.92 Å². The minimum absolute atomic E-state index is 0.0269. The summed E-state index contributed by atoms with van der Waals surface area (Å²) in [5.74, 6) is -0.274. The van der Waals surface area contributed by atoms with E-state index in [0.29, 0.717) is 5.56 Å². The molecule has 0 aliphatic carbocycles. The molecule has 3 nitrogen and oxygen atoms in total. The molecule has 5 heteroatoms. The molecule has 1 heterocycles. The molecular weight excluding hydrogens is 207 g/mol. The van der Waals surface area contributed by atoms with Crippen molar-refractivity contribution in [3.63, 3.8) is 0 Å². The molecule has 0 aliphatic heterocycles. The first-order chi connectivity index (χ1) is 6.68. The predicted molar refractivity (Wildman–Crippen MR) is 49.4 cm³/mol. The second kappa shape index (κ2) is 3.38. The van der Waals surface area contributed by atoms with Crippen LogP contribution in [0.25, 0.3) is 11.5 Å². The summed E-state index contributed by atoms with van der Waals surface area (Å²) in [7, 11) is 0. The van der Waals surface area contributed by atoms with Crippen molar-refractivity contribution in [3.8, 4) is 11.5 Å². The summed E-state index contributed by atoms with van der Waals surface area (Å²) in [4.78, 5) is 3.73. The molecule has 0 aliphatic rings. The highest BCUT2D eigenvalue weighted by atomic mass is 35.5. The normalized spacial score (nSPS) is 10.5. The average Bonchev–Trinajstić information content (AvgIpc) is 2.57. The first kappa shape index (κ1) is 9.15. The summed E-state index contributed by atoms with van der Waals surface area (Å²) in [6.45, 7) is 1.66. The summed E-state index contributed by atoms with van der Waals surface area (Å²) >= 11 is 5.46.